The first-order valence-corrected chi connectivity index (χ1v) is 9.80. The second-order valence-corrected chi connectivity index (χ2v) is 7.17. The molecule has 2 atom stereocenters. The molecule has 0 bridgehead atoms. The Balaban J connectivity index is 1.77. The van der Waals surface area contributed by atoms with Crippen LogP contribution in [0.4, 0.5) is 0 Å². The van der Waals surface area contributed by atoms with E-state index in [0.717, 1.165) is 11.3 Å². The van der Waals surface area contributed by atoms with Gasteiger partial charge in [0.1, 0.15) is 0 Å². The number of ether oxygens (including phenoxy) is 1. The van der Waals surface area contributed by atoms with Crippen LogP contribution in [0.3, 0.4) is 0 Å². The molecular formula is C23H23N5O3. The molecule has 1 heterocycles. The van der Waals surface area contributed by atoms with Gasteiger partial charge in [-0.1, -0.05) is 30.3 Å². The fourth-order valence-electron chi connectivity index (χ4n) is 3.28. The van der Waals surface area contributed by atoms with Gasteiger partial charge in [-0.05, 0) is 50.1 Å². The SMILES string of the molecule is COC(=O)C(Cc1cccc(C#N)c1)C(C)NC(=O)c1nn(-c2ccccc2)nc1C. The second kappa shape index (κ2) is 9.67. The van der Waals surface area contributed by atoms with E-state index in [9.17, 15) is 9.59 Å². The molecule has 2 aromatic carbocycles. The van der Waals surface area contributed by atoms with Gasteiger partial charge in [0, 0.05) is 6.04 Å². The van der Waals surface area contributed by atoms with Crippen molar-refractivity contribution in [2.75, 3.05) is 7.11 Å². The minimum atomic E-state index is -0.632. The van der Waals surface area contributed by atoms with Crippen LogP contribution in [0.25, 0.3) is 5.69 Å². The third-order valence-corrected chi connectivity index (χ3v) is 4.96. The summed E-state index contributed by atoms with van der Waals surface area (Å²) in [5.74, 6) is -1.50. The van der Waals surface area contributed by atoms with Gasteiger partial charge in [-0.15, -0.1) is 5.10 Å². The molecule has 8 nitrogen and oxygen atoms in total. The van der Waals surface area contributed by atoms with E-state index in [1.807, 2.05) is 36.4 Å². The van der Waals surface area contributed by atoms with E-state index in [4.69, 9.17) is 10.00 Å². The predicted molar refractivity (Wildman–Crippen MR) is 113 cm³/mol. The number of para-hydroxylation sites is 1. The largest absolute Gasteiger partial charge is 0.469 e. The van der Waals surface area contributed by atoms with Crippen molar-refractivity contribution in [3.63, 3.8) is 0 Å². The van der Waals surface area contributed by atoms with E-state index in [1.54, 1.807) is 32.0 Å². The van der Waals surface area contributed by atoms with Gasteiger partial charge in [0.2, 0.25) is 0 Å². The fourth-order valence-corrected chi connectivity index (χ4v) is 3.28. The Labute approximate surface area is 180 Å². The third kappa shape index (κ3) is 5.14. The number of hydrogen-bond acceptors (Lipinski definition) is 6. The van der Waals surface area contributed by atoms with Gasteiger partial charge in [-0.3, -0.25) is 9.59 Å². The van der Waals surface area contributed by atoms with Crippen LogP contribution in [0.2, 0.25) is 0 Å². The first-order chi connectivity index (χ1) is 14.9. The first kappa shape index (κ1) is 21.7. The maximum absolute atomic E-state index is 12.9. The van der Waals surface area contributed by atoms with Crippen molar-refractivity contribution in [3.8, 4) is 11.8 Å². The standard InChI is InChI=1S/C23H23N5O3/c1-15(20(23(30)31-3)13-17-8-7-9-18(12-17)14-24)25-22(29)21-16(2)26-28(27-21)19-10-5-4-6-11-19/h4-12,15,20H,13H2,1-3H3,(H,25,29). The number of rotatable bonds is 7. The van der Waals surface area contributed by atoms with Crippen molar-refractivity contribution in [1.82, 2.24) is 20.3 Å². The monoisotopic (exact) mass is 417 g/mol. The lowest BCUT2D eigenvalue weighted by molar-refractivity contribution is -0.146. The van der Waals surface area contributed by atoms with Crippen LogP contribution in [-0.4, -0.2) is 40.0 Å². The van der Waals surface area contributed by atoms with E-state index >= 15 is 0 Å². The van der Waals surface area contributed by atoms with Crippen LogP contribution in [0.15, 0.2) is 54.6 Å². The van der Waals surface area contributed by atoms with Gasteiger partial charge in [-0.25, -0.2) is 0 Å². The lowest BCUT2D eigenvalue weighted by Gasteiger charge is -2.22. The highest BCUT2D eigenvalue weighted by molar-refractivity contribution is 5.93. The maximum atomic E-state index is 12.9. The topological polar surface area (TPSA) is 110 Å². The summed E-state index contributed by atoms with van der Waals surface area (Å²) >= 11 is 0. The van der Waals surface area contributed by atoms with E-state index in [1.165, 1.54) is 11.9 Å². The summed E-state index contributed by atoms with van der Waals surface area (Å²) in [5, 5.41) is 20.6. The molecule has 2 unspecified atom stereocenters. The zero-order valence-electron chi connectivity index (χ0n) is 17.6. The first-order valence-electron chi connectivity index (χ1n) is 9.80. The Bertz CT molecular complexity index is 1120. The smallest absolute Gasteiger partial charge is 0.311 e. The molecule has 0 aliphatic rings. The average Bonchev–Trinajstić information content (AvgIpc) is 3.19. The van der Waals surface area contributed by atoms with Gasteiger partial charge in [-0.2, -0.15) is 15.2 Å². The summed E-state index contributed by atoms with van der Waals surface area (Å²) < 4.78 is 4.95. The maximum Gasteiger partial charge on any atom is 0.311 e. The molecular weight excluding hydrogens is 394 g/mol. The lowest BCUT2D eigenvalue weighted by atomic mass is 9.92. The molecule has 31 heavy (non-hydrogen) atoms. The number of aryl methyl sites for hydroxylation is 1. The molecule has 0 radical (unpaired) electrons. The summed E-state index contributed by atoms with van der Waals surface area (Å²) in [5.41, 5.74) is 2.71. The Hall–Kier alpha value is -3.99. The predicted octanol–water partition coefficient (Wildman–Crippen LogP) is 2.60. The second-order valence-electron chi connectivity index (χ2n) is 7.17. The zero-order chi connectivity index (χ0) is 22.4. The van der Waals surface area contributed by atoms with Crippen LogP contribution in [0, 0.1) is 24.2 Å². The Morgan fingerprint density at radius 3 is 2.58 bits per heavy atom. The van der Waals surface area contributed by atoms with Gasteiger partial charge in [0.25, 0.3) is 5.91 Å². The van der Waals surface area contributed by atoms with E-state index in [2.05, 4.69) is 21.6 Å². The number of aromatic nitrogens is 3. The van der Waals surface area contributed by atoms with Gasteiger partial charge >= 0.3 is 5.97 Å². The number of nitrogens with zero attached hydrogens (tertiary/aromatic N) is 4. The number of amides is 1. The van der Waals surface area contributed by atoms with Crippen molar-refractivity contribution >= 4 is 11.9 Å². The Morgan fingerprint density at radius 2 is 1.90 bits per heavy atom. The van der Waals surface area contributed by atoms with Crippen LogP contribution < -0.4 is 5.32 Å². The molecule has 0 saturated carbocycles. The van der Waals surface area contributed by atoms with Crippen molar-refractivity contribution in [2.24, 2.45) is 5.92 Å². The molecule has 0 saturated heterocycles. The minimum Gasteiger partial charge on any atom is -0.469 e. The number of esters is 1. The minimum absolute atomic E-state index is 0.186. The van der Waals surface area contributed by atoms with E-state index < -0.39 is 23.8 Å². The summed E-state index contributed by atoms with van der Waals surface area (Å²) in [7, 11) is 1.31. The summed E-state index contributed by atoms with van der Waals surface area (Å²) in [6, 6.07) is 17.8. The van der Waals surface area contributed by atoms with Crippen LogP contribution in [-0.2, 0) is 16.0 Å². The normalized spacial score (nSPS) is 12.5. The number of methoxy groups -OCH3 is 1. The average molecular weight is 417 g/mol. The molecule has 3 aromatic rings. The van der Waals surface area contributed by atoms with Gasteiger partial charge < -0.3 is 10.1 Å². The number of nitrogens with one attached hydrogen (secondary N) is 1. The van der Waals surface area contributed by atoms with Gasteiger partial charge in [0.05, 0.1) is 36.0 Å². The molecule has 0 aliphatic carbocycles. The number of nitriles is 1. The molecule has 1 aromatic heterocycles. The zero-order valence-corrected chi connectivity index (χ0v) is 17.6. The van der Waals surface area contributed by atoms with Gasteiger partial charge in [0.15, 0.2) is 5.69 Å². The summed E-state index contributed by atoms with van der Waals surface area (Å²) in [6.45, 7) is 3.45. The van der Waals surface area contributed by atoms with Crippen molar-refractivity contribution in [3.05, 3.63) is 77.1 Å². The Morgan fingerprint density at radius 1 is 1.16 bits per heavy atom. The highest BCUT2D eigenvalue weighted by Crippen LogP contribution is 2.17. The fraction of sp³-hybridized carbons (Fsp3) is 0.261. The molecule has 0 spiro atoms. The van der Waals surface area contributed by atoms with E-state index in [-0.39, 0.29) is 5.69 Å². The number of carbonyl (C=O) groups excluding carboxylic acids is 2. The number of hydrogen-bond donors (Lipinski definition) is 1. The number of benzene rings is 2. The quantitative estimate of drug-likeness (QED) is 0.592. The molecule has 3 rings (SSSR count). The third-order valence-electron chi connectivity index (χ3n) is 4.96. The lowest BCUT2D eigenvalue weighted by Crippen LogP contribution is -2.43. The Kier molecular flexibility index (Phi) is 6.78. The summed E-state index contributed by atoms with van der Waals surface area (Å²) in [4.78, 5) is 26.7. The number of carbonyl (C=O) groups is 2. The highest BCUT2D eigenvalue weighted by Gasteiger charge is 2.29. The molecule has 158 valence electrons. The van der Waals surface area contributed by atoms with Crippen molar-refractivity contribution < 1.29 is 14.3 Å². The molecule has 8 heteroatoms. The molecule has 0 fully saturated rings. The summed E-state index contributed by atoms with van der Waals surface area (Å²) in [6.07, 6.45) is 0.319. The van der Waals surface area contributed by atoms with Crippen LogP contribution in [0.1, 0.15) is 34.2 Å². The van der Waals surface area contributed by atoms with Crippen molar-refractivity contribution in [1.29, 1.82) is 5.26 Å². The van der Waals surface area contributed by atoms with Crippen molar-refractivity contribution in [2.45, 2.75) is 26.3 Å². The van der Waals surface area contributed by atoms with E-state index in [0.29, 0.717) is 17.7 Å². The highest BCUT2D eigenvalue weighted by atomic mass is 16.5. The molecule has 0 aliphatic heterocycles. The van der Waals surface area contributed by atoms with Crippen LogP contribution >= 0.6 is 0 Å². The van der Waals surface area contributed by atoms with Crippen LogP contribution in [0.5, 0.6) is 0 Å². The molecule has 1 N–H and O–H groups in total. The molecule has 1 amide bonds.